The van der Waals surface area contributed by atoms with Crippen LogP contribution >= 0.6 is 15.9 Å². The predicted molar refractivity (Wildman–Crippen MR) is 57.1 cm³/mol. The van der Waals surface area contributed by atoms with Gasteiger partial charge in [0, 0.05) is 5.56 Å². The topological polar surface area (TPSA) is 37.3 Å². The van der Waals surface area contributed by atoms with Crippen LogP contribution in [0.15, 0.2) is 16.6 Å². The quantitative estimate of drug-likeness (QED) is 0.869. The van der Waals surface area contributed by atoms with Crippen LogP contribution in [0.25, 0.3) is 0 Å². The van der Waals surface area contributed by atoms with E-state index in [1.54, 1.807) is 0 Å². The number of benzene rings is 1. The van der Waals surface area contributed by atoms with Crippen molar-refractivity contribution in [2.24, 2.45) is 5.41 Å². The summed E-state index contributed by atoms with van der Waals surface area (Å²) in [6, 6.07) is 2.41. The van der Waals surface area contributed by atoms with Gasteiger partial charge in [0.2, 0.25) is 0 Å². The minimum absolute atomic E-state index is 0.0839. The molecule has 0 aliphatic heterocycles. The molecule has 0 amide bonds. The molecule has 0 saturated heterocycles. The Balaban J connectivity index is 2.35. The van der Waals surface area contributed by atoms with Crippen molar-refractivity contribution in [3.63, 3.8) is 0 Å². The third-order valence-electron chi connectivity index (χ3n) is 2.96. The summed E-state index contributed by atoms with van der Waals surface area (Å²) in [4.78, 5) is 10.9. The van der Waals surface area contributed by atoms with Gasteiger partial charge in [0.1, 0.15) is 11.6 Å². The lowest BCUT2D eigenvalue weighted by molar-refractivity contribution is -0.143. The lowest BCUT2D eigenvalue weighted by Gasteiger charge is -2.11. The standard InChI is InChI=1S/C11H9BrF2O2/c12-7-1-2-8(13)6(9(7)14)5-11(3-4-11)10(15)16/h1-2H,3-5H2,(H,15,16). The maximum absolute atomic E-state index is 13.6. The van der Waals surface area contributed by atoms with Crippen molar-refractivity contribution in [1.82, 2.24) is 0 Å². The van der Waals surface area contributed by atoms with Gasteiger partial charge in [-0.3, -0.25) is 4.79 Å². The lowest BCUT2D eigenvalue weighted by atomic mass is 9.96. The van der Waals surface area contributed by atoms with Crippen LogP contribution in [0, 0.1) is 17.0 Å². The molecule has 0 bridgehead atoms. The molecule has 86 valence electrons. The van der Waals surface area contributed by atoms with E-state index in [1.807, 2.05) is 0 Å². The van der Waals surface area contributed by atoms with Crippen molar-refractivity contribution in [2.45, 2.75) is 19.3 Å². The van der Waals surface area contributed by atoms with Gasteiger partial charge in [-0.1, -0.05) is 0 Å². The average Bonchev–Trinajstić information content (AvgIpc) is 3.00. The second-order valence-electron chi connectivity index (χ2n) is 4.08. The highest BCUT2D eigenvalue weighted by molar-refractivity contribution is 9.10. The molecule has 0 heterocycles. The highest BCUT2D eigenvalue weighted by atomic mass is 79.9. The number of halogens is 3. The van der Waals surface area contributed by atoms with Crippen LogP contribution in [0.1, 0.15) is 18.4 Å². The van der Waals surface area contributed by atoms with Crippen molar-refractivity contribution >= 4 is 21.9 Å². The number of aliphatic carboxylic acids is 1. The molecule has 0 atom stereocenters. The summed E-state index contributed by atoms with van der Waals surface area (Å²) in [7, 11) is 0. The van der Waals surface area contributed by atoms with Crippen LogP contribution in [-0.2, 0) is 11.2 Å². The average molecular weight is 291 g/mol. The molecule has 16 heavy (non-hydrogen) atoms. The van der Waals surface area contributed by atoms with Crippen LogP contribution in [0.5, 0.6) is 0 Å². The monoisotopic (exact) mass is 290 g/mol. The maximum atomic E-state index is 13.6. The minimum atomic E-state index is -0.980. The fourth-order valence-corrected chi connectivity index (χ4v) is 2.06. The summed E-state index contributed by atoms with van der Waals surface area (Å²) < 4.78 is 27.2. The zero-order valence-electron chi connectivity index (χ0n) is 8.27. The molecule has 1 aromatic rings. The Labute approximate surface area is 99.4 Å². The fraction of sp³-hybridized carbons (Fsp3) is 0.364. The third kappa shape index (κ3) is 1.84. The first-order valence-electron chi connectivity index (χ1n) is 4.82. The first-order chi connectivity index (χ1) is 7.46. The smallest absolute Gasteiger partial charge is 0.309 e. The maximum Gasteiger partial charge on any atom is 0.309 e. The SMILES string of the molecule is O=C(O)C1(Cc2c(F)ccc(Br)c2F)CC1. The largest absolute Gasteiger partial charge is 0.481 e. The summed E-state index contributed by atoms with van der Waals surface area (Å²) in [5.74, 6) is -2.37. The molecule has 1 aliphatic rings. The molecule has 0 radical (unpaired) electrons. The lowest BCUT2D eigenvalue weighted by Crippen LogP contribution is -2.19. The van der Waals surface area contributed by atoms with Gasteiger partial charge in [-0.05, 0) is 47.3 Å². The van der Waals surface area contributed by atoms with Gasteiger partial charge in [-0.25, -0.2) is 8.78 Å². The van der Waals surface area contributed by atoms with E-state index in [0.29, 0.717) is 12.8 Å². The molecule has 2 rings (SSSR count). The van der Waals surface area contributed by atoms with Gasteiger partial charge in [-0.2, -0.15) is 0 Å². The molecule has 0 unspecified atom stereocenters. The van der Waals surface area contributed by atoms with Gasteiger partial charge in [0.25, 0.3) is 0 Å². The molecule has 1 N–H and O–H groups in total. The van der Waals surface area contributed by atoms with Crippen LogP contribution in [0.2, 0.25) is 0 Å². The first kappa shape index (κ1) is 11.5. The Bertz CT molecular complexity index is 456. The van der Waals surface area contributed by atoms with E-state index >= 15 is 0 Å². The Hall–Kier alpha value is -0.970. The van der Waals surface area contributed by atoms with Gasteiger partial charge in [0.05, 0.1) is 9.89 Å². The van der Waals surface area contributed by atoms with E-state index in [-0.39, 0.29) is 16.5 Å². The summed E-state index contributed by atoms with van der Waals surface area (Å²) in [5, 5.41) is 8.96. The van der Waals surface area contributed by atoms with Gasteiger partial charge < -0.3 is 5.11 Å². The number of carbonyl (C=O) groups is 1. The van der Waals surface area contributed by atoms with Crippen molar-refractivity contribution in [2.75, 3.05) is 0 Å². The zero-order valence-corrected chi connectivity index (χ0v) is 9.85. The van der Waals surface area contributed by atoms with Gasteiger partial charge in [-0.15, -0.1) is 0 Å². The number of carboxylic acid groups (broad SMARTS) is 1. The molecular weight excluding hydrogens is 282 g/mol. The molecule has 1 aromatic carbocycles. The predicted octanol–water partition coefficient (Wildman–Crippen LogP) is 3.13. The van der Waals surface area contributed by atoms with Crippen molar-refractivity contribution < 1.29 is 18.7 Å². The Morgan fingerprint density at radius 3 is 2.56 bits per heavy atom. The van der Waals surface area contributed by atoms with Crippen molar-refractivity contribution in [1.29, 1.82) is 0 Å². The van der Waals surface area contributed by atoms with Crippen LogP contribution in [-0.4, -0.2) is 11.1 Å². The van der Waals surface area contributed by atoms with Crippen molar-refractivity contribution in [3.05, 3.63) is 33.8 Å². The van der Waals surface area contributed by atoms with Crippen LogP contribution in [0.3, 0.4) is 0 Å². The molecule has 1 fully saturated rings. The molecule has 5 heteroatoms. The Morgan fingerprint density at radius 2 is 2.06 bits per heavy atom. The molecule has 1 saturated carbocycles. The highest BCUT2D eigenvalue weighted by Crippen LogP contribution is 2.49. The number of rotatable bonds is 3. The van der Waals surface area contributed by atoms with Gasteiger partial charge >= 0.3 is 5.97 Å². The normalized spacial score (nSPS) is 17.2. The van der Waals surface area contributed by atoms with E-state index in [2.05, 4.69) is 15.9 Å². The van der Waals surface area contributed by atoms with E-state index in [0.717, 1.165) is 6.07 Å². The molecule has 1 aliphatic carbocycles. The molecule has 2 nitrogen and oxygen atoms in total. The number of carboxylic acids is 1. The van der Waals surface area contributed by atoms with E-state index in [9.17, 15) is 13.6 Å². The molecule has 0 aromatic heterocycles. The number of hydrogen-bond donors (Lipinski definition) is 1. The summed E-state index contributed by atoms with van der Waals surface area (Å²) >= 11 is 2.96. The first-order valence-corrected chi connectivity index (χ1v) is 5.61. The van der Waals surface area contributed by atoms with Crippen molar-refractivity contribution in [3.8, 4) is 0 Å². The molecular formula is C11H9BrF2O2. The summed E-state index contributed by atoms with van der Waals surface area (Å²) in [5.41, 5.74) is -1.10. The van der Waals surface area contributed by atoms with Crippen LogP contribution in [0.4, 0.5) is 8.78 Å². The zero-order chi connectivity index (χ0) is 11.9. The summed E-state index contributed by atoms with van der Waals surface area (Å²) in [6.45, 7) is 0. The second-order valence-corrected chi connectivity index (χ2v) is 4.94. The number of hydrogen-bond acceptors (Lipinski definition) is 1. The Morgan fingerprint density at radius 1 is 1.44 bits per heavy atom. The fourth-order valence-electron chi connectivity index (χ4n) is 1.69. The van der Waals surface area contributed by atoms with E-state index in [4.69, 9.17) is 5.11 Å². The van der Waals surface area contributed by atoms with E-state index < -0.39 is 23.0 Å². The van der Waals surface area contributed by atoms with Gasteiger partial charge in [0.15, 0.2) is 0 Å². The second kappa shape index (κ2) is 3.80. The van der Waals surface area contributed by atoms with Crippen LogP contribution < -0.4 is 0 Å². The molecule has 0 spiro atoms. The highest BCUT2D eigenvalue weighted by Gasteiger charge is 2.50. The summed E-state index contributed by atoms with van der Waals surface area (Å²) in [6.07, 6.45) is 0.876. The minimum Gasteiger partial charge on any atom is -0.481 e. The van der Waals surface area contributed by atoms with E-state index in [1.165, 1.54) is 6.07 Å². The Kier molecular flexibility index (Phi) is 2.74. The third-order valence-corrected chi connectivity index (χ3v) is 3.57.